The summed E-state index contributed by atoms with van der Waals surface area (Å²) in [4.78, 5) is 14.4. The lowest BCUT2D eigenvalue weighted by Crippen LogP contribution is -1.78. The summed E-state index contributed by atoms with van der Waals surface area (Å²) in [7, 11) is 0. The highest BCUT2D eigenvalue weighted by atomic mass is 16.4. The zero-order chi connectivity index (χ0) is 10.8. The molecule has 0 aliphatic rings. The van der Waals surface area contributed by atoms with Gasteiger partial charge in [-0.15, -0.1) is 0 Å². The van der Waals surface area contributed by atoms with Gasteiger partial charge in [0.1, 0.15) is 5.75 Å². The minimum absolute atomic E-state index is 0.0471. The number of carbonyl (C=O) groups is 1. The molecule has 0 unspecified atom stereocenters. The van der Waals surface area contributed by atoms with E-state index in [1.54, 1.807) is 31.2 Å². The highest BCUT2D eigenvalue weighted by Gasteiger charge is 2.11. The van der Waals surface area contributed by atoms with Crippen LogP contribution in [-0.2, 0) is 0 Å². The van der Waals surface area contributed by atoms with Crippen molar-refractivity contribution in [2.75, 3.05) is 0 Å². The zero-order valence-corrected chi connectivity index (χ0v) is 8.10. The first-order valence-electron chi connectivity index (χ1n) is 4.42. The summed E-state index contributed by atoms with van der Waals surface area (Å²) in [5.74, 6) is 0.704. The number of hydrogen-bond donors (Lipinski definition) is 1. The van der Waals surface area contributed by atoms with Crippen LogP contribution in [0.1, 0.15) is 16.4 Å². The van der Waals surface area contributed by atoms with Crippen LogP contribution in [0.25, 0.3) is 11.3 Å². The normalized spacial score (nSPS) is 10.2. The monoisotopic (exact) mass is 203 g/mol. The smallest absolute Gasteiger partial charge is 0.260 e. The van der Waals surface area contributed by atoms with Gasteiger partial charge < -0.3 is 9.52 Å². The Hall–Kier alpha value is -2.10. The third-order valence-electron chi connectivity index (χ3n) is 2.02. The van der Waals surface area contributed by atoms with Crippen molar-refractivity contribution in [3.05, 3.63) is 35.9 Å². The fourth-order valence-electron chi connectivity index (χ4n) is 1.38. The summed E-state index contributed by atoms with van der Waals surface area (Å²) in [6, 6.07) is 6.60. The van der Waals surface area contributed by atoms with Crippen molar-refractivity contribution in [1.82, 2.24) is 4.98 Å². The lowest BCUT2D eigenvalue weighted by molar-refractivity contribution is 0.109. The molecule has 1 aromatic carbocycles. The van der Waals surface area contributed by atoms with Gasteiger partial charge in [-0.3, -0.25) is 4.79 Å². The first-order chi connectivity index (χ1) is 7.20. The molecule has 1 heterocycles. The summed E-state index contributed by atoms with van der Waals surface area (Å²) >= 11 is 0. The van der Waals surface area contributed by atoms with Crippen LogP contribution in [0.4, 0.5) is 0 Å². The maximum Gasteiger partial charge on any atom is 0.260 e. The average molecular weight is 203 g/mol. The SMILES string of the molecule is Cc1nc(C=O)oc1-c1cccc(O)c1. The summed E-state index contributed by atoms with van der Waals surface area (Å²) in [5.41, 5.74) is 1.33. The van der Waals surface area contributed by atoms with E-state index >= 15 is 0 Å². The topological polar surface area (TPSA) is 63.3 Å². The van der Waals surface area contributed by atoms with E-state index in [-0.39, 0.29) is 11.6 Å². The lowest BCUT2D eigenvalue weighted by atomic mass is 10.1. The second-order valence-corrected chi connectivity index (χ2v) is 3.13. The molecule has 0 saturated heterocycles. The largest absolute Gasteiger partial charge is 0.508 e. The van der Waals surface area contributed by atoms with Crippen LogP contribution in [0.15, 0.2) is 28.7 Å². The number of aromatic nitrogens is 1. The van der Waals surface area contributed by atoms with Gasteiger partial charge in [-0.2, -0.15) is 0 Å². The van der Waals surface area contributed by atoms with Crippen molar-refractivity contribution < 1.29 is 14.3 Å². The Morgan fingerprint density at radius 3 is 2.87 bits per heavy atom. The van der Waals surface area contributed by atoms with Gasteiger partial charge >= 0.3 is 0 Å². The molecular weight excluding hydrogens is 194 g/mol. The summed E-state index contributed by atoms with van der Waals surface area (Å²) in [5, 5.41) is 9.30. The second kappa shape index (κ2) is 3.57. The number of rotatable bonds is 2. The Labute approximate surface area is 86.2 Å². The first-order valence-corrected chi connectivity index (χ1v) is 4.42. The molecule has 1 N–H and O–H groups in total. The highest BCUT2D eigenvalue weighted by Crippen LogP contribution is 2.26. The van der Waals surface area contributed by atoms with E-state index in [2.05, 4.69) is 4.98 Å². The minimum atomic E-state index is 0.0471. The fourth-order valence-corrected chi connectivity index (χ4v) is 1.38. The Morgan fingerprint density at radius 2 is 2.27 bits per heavy atom. The molecule has 0 spiro atoms. The Balaban J connectivity index is 2.53. The predicted octanol–water partition coefficient (Wildman–Crippen LogP) is 2.17. The highest BCUT2D eigenvalue weighted by molar-refractivity contribution is 5.70. The van der Waals surface area contributed by atoms with Gasteiger partial charge in [0.2, 0.25) is 6.29 Å². The molecule has 15 heavy (non-hydrogen) atoms. The van der Waals surface area contributed by atoms with Crippen LogP contribution in [0.5, 0.6) is 5.75 Å². The van der Waals surface area contributed by atoms with Crippen LogP contribution in [-0.4, -0.2) is 16.4 Å². The van der Waals surface area contributed by atoms with Crippen LogP contribution in [0.3, 0.4) is 0 Å². The van der Waals surface area contributed by atoms with Crippen molar-refractivity contribution in [2.24, 2.45) is 0 Å². The molecule has 0 atom stereocenters. The molecule has 76 valence electrons. The third-order valence-corrected chi connectivity index (χ3v) is 2.02. The van der Waals surface area contributed by atoms with Crippen LogP contribution in [0.2, 0.25) is 0 Å². The van der Waals surface area contributed by atoms with Gasteiger partial charge in [-0.25, -0.2) is 4.98 Å². The molecule has 4 heteroatoms. The van der Waals surface area contributed by atoms with E-state index in [0.717, 1.165) is 0 Å². The first kappa shape index (κ1) is 9.45. The molecule has 0 radical (unpaired) electrons. The number of carbonyl (C=O) groups excluding carboxylic acids is 1. The molecule has 0 amide bonds. The van der Waals surface area contributed by atoms with Crippen molar-refractivity contribution in [3.8, 4) is 17.1 Å². The van der Waals surface area contributed by atoms with Crippen LogP contribution < -0.4 is 0 Å². The van der Waals surface area contributed by atoms with Crippen molar-refractivity contribution in [1.29, 1.82) is 0 Å². The number of phenolic OH excluding ortho intramolecular Hbond substituents is 1. The standard InChI is InChI=1S/C11H9NO3/c1-7-11(15-10(6-13)12-7)8-3-2-4-9(14)5-8/h2-6,14H,1H3. The van der Waals surface area contributed by atoms with Gasteiger partial charge in [0.15, 0.2) is 5.76 Å². The maximum atomic E-state index is 10.5. The molecule has 4 nitrogen and oxygen atoms in total. The summed E-state index contributed by atoms with van der Waals surface area (Å²) in [6.45, 7) is 1.75. The molecular formula is C11H9NO3. The molecule has 2 rings (SSSR count). The molecule has 0 aliphatic heterocycles. The molecule has 1 aromatic heterocycles. The van der Waals surface area contributed by atoms with E-state index in [1.165, 1.54) is 0 Å². The van der Waals surface area contributed by atoms with Gasteiger partial charge in [-0.05, 0) is 19.1 Å². The summed E-state index contributed by atoms with van der Waals surface area (Å²) in [6.07, 6.45) is 0.555. The van der Waals surface area contributed by atoms with Gasteiger partial charge in [0, 0.05) is 5.56 Å². The number of aldehydes is 1. The van der Waals surface area contributed by atoms with E-state index in [1.807, 2.05) is 0 Å². The number of nitrogens with zero attached hydrogens (tertiary/aromatic N) is 1. The number of aromatic hydroxyl groups is 1. The molecule has 0 saturated carbocycles. The Kier molecular flexibility index (Phi) is 2.25. The second-order valence-electron chi connectivity index (χ2n) is 3.13. The van der Waals surface area contributed by atoms with Crippen molar-refractivity contribution >= 4 is 6.29 Å². The lowest BCUT2D eigenvalue weighted by Gasteiger charge is -1.97. The summed E-state index contributed by atoms with van der Waals surface area (Å²) < 4.78 is 5.21. The quantitative estimate of drug-likeness (QED) is 0.759. The predicted molar refractivity (Wildman–Crippen MR) is 53.7 cm³/mol. The minimum Gasteiger partial charge on any atom is -0.508 e. The van der Waals surface area contributed by atoms with Crippen LogP contribution >= 0.6 is 0 Å². The van der Waals surface area contributed by atoms with Gasteiger partial charge in [-0.1, -0.05) is 12.1 Å². The Morgan fingerprint density at radius 1 is 1.47 bits per heavy atom. The van der Waals surface area contributed by atoms with Crippen molar-refractivity contribution in [2.45, 2.75) is 6.92 Å². The molecule has 0 bridgehead atoms. The van der Waals surface area contributed by atoms with E-state index < -0.39 is 0 Å². The molecule has 0 aliphatic carbocycles. The molecule has 0 fully saturated rings. The third kappa shape index (κ3) is 1.74. The van der Waals surface area contributed by atoms with Gasteiger partial charge in [0.25, 0.3) is 5.89 Å². The number of aryl methyl sites for hydroxylation is 1. The number of hydrogen-bond acceptors (Lipinski definition) is 4. The maximum absolute atomic E-state index is 10.5. The fraction of sp³-hybridized carbons (Fsp3) is 0.0909. The zero-order valence-electron chi connectivity index (χ0n) is 8.10. The van der Waals surface area contributed by atoms with Crippen LogP contribution in [0, 0.1) is 6.92 Å². The number of oxazole rings is 1. The molecule has 2 aromatic rings. The number of phenols is 1. The van der Waals surface area contributed by atoms with E-state index in [0.29, 0.717) is 23.3 Å². The van der Waals surface area contributed by atoms with Gasteiger partial charge in [0.05, 0.1) is 5.69 Å². The average Bonchev–Trinajstić information content (AvgIpc) is 2.60. The Bertz CT molecular complexity index is 502. The number of benzene rings is 1. The van der Waals surface area contributed by atoms with Crippen molar-refractivity contribution in [3.63, 3.8) is 0 Å². The van der Waals surface area contributed by atoms with E-state index in [4.69, 9.17) is 4.42 Å². The van der Waals surface area contributed by atoms with E-state index in [9.17, 15) is 9.90 Å².